The van der Waals surface area contributed by atoms with Crippen LogP contribution in [0.1, 0.15) is 5.56 Å². The highest BCUT2D eigenvalue weighted by atomic mass is 16.3. The highest BCUT2D eigenvalue weighted by molar-refractivity contribution is 6.17. The highest BCUT2D eigenvalue weighted by Gasteiger charge is 2.21. The minimum absolute atomic E-state index is 0.622. The zero-order chi connectivity index (χ0) is 26.6. The minimum Gasteiger partial charge on any atom is -0.456 e. The predicted octanol–water partition coefficient (Wildman–Crippen LogP) is 10.4. The summed E-state index contributed by atoms with van der Waals surface area (Å²) in [6.45, 7) is 0. The van der Waals surface area contributed by atoms with Crippen LogP contribution in [-0.2, 0) is 0 Å². The molecule has 0 aliphatic rings. The third-order valence-electron chi connectivity index (χ3n) is 7.73. The molecular formula is C37H21NO2. The van der Waals surface area contributed by atoms with Crippen molar-refractivity contribution in [1.82, 2.24) is 0 Å². The van der Waals surface area contributed by atoms with Crippen molar-refractivity contribution in [2.75, 3.05) is 0 Å². The second-order valence-electron chi connectivity index (χ2n) is 9.97. The van der Waals surface area contributed by atoms with Crippen LogP contribution in [0.25, 0.3) is 77.3 Å². The molecule has 0 amide bonds. The molecule has 0 N–H and O–H groups in total. The predicted molar refractivity (Wildman–Crippen MR) is 162 cm³/mol. The normalized spacial score (nSPS) is 11.5. The van der Waals surface area contributed by atoms with Crippen molar-refractivity contribution < 1.29 is 8.83 Å². The Morgan fingerprint density at radius 2 is 0.925 bits per heavy atom. The Labute approximate surface area is 230 Å². The summed E-state index contributed by atoms with van der Waals surface area (Å²) in [7, 11) is 0. The van der Waals surface area contributed by atoms with E-state index >= 15 is 0 Å². The van der Waals surface area contributed by atoms with E-state index in [4.69, 9.17) is 8.83 Å². The minimum atomic E-state index is 0.622. The molecule has 186 valence electrons. The van der Waals surface area contributed by atoms with Crippen molar-refractivity contribution in [3.05, 3.63) is 133 Å². The molecule has 40 heavy (non-hydrogen) atoms. The molecule has 3 nitrogen and oxygen atoms in total. The summed E-state index contributed by atoms with van der Waals surface area (Å²) < 4.78 is 12.5. The quantitative estimate of drug-likeness (QED) is 0.237. The van der Waals surface area contributed by atoms with Crippen molar-refractivity contribution in [2.24, 2.45) is 0 Å². The summed E-state index contributed by atoms with van der Waals surface area (Å²) in [5.41, 5.74) is 10.4. The lowest BCUT2D eigenvalue weighted by molar-refractivity contribution is 0.668. The van der Waals surface area contributed by atoms with Gasteiger partial charge in [-0.3, -0.25) is 0 Å². The van der Waals surface area contributed by atoms with Gasteiger partial charge in [-0.25, -0.2) is 0 Å². The van der Waals surface area contributed by atoms with Crippen LogP contribution >= 0.6 is 0 Å². The Bertz CT molecular complexity index is 2160. The van der Waals surface area contributed by atoms with E-state index in [1.165, 1.54) is 0 Å². The molecular weight excluding hydrogens is 490 g/mol. The van der Waals surface area contributed by atoms with Gasteiger partial charge in [0.1, 0.15) is 22.3 Å². The van der Waals surface area contributed by atoms with E-state index in [1.807, 2.05) is 78.9 Å². The standard InChI is InChI=1S/C37H21NO2/c38-22-23-9-5-10-24(21-23)35-25(27-15-7-19-33-36(27)29-11-1-3-17-31(29)39-33)13-6-14-26(35)28-16-8-20-34-37(28)30-12-2-4-18-32(30)40-34/h1-21H. The van der Waals surface area contributed by atoms with E-state index in [0.29, 0.717) is 5.56 Å². The van der Waals surface area contributed by atoms with Gasteiger partial charge in [0.15, 0.2) is 0 Å². The van der Waals surface area contributed by atoms with E-state index < -0.39 is 0 Å². The fourth-order valence-corrected chi connectivity index (χ4v) is 6.05. The third kappa shape index (κ3) is 3.30. The highest BCUT2D eigenvalue weighted by Crippen LogP contribution is 2.46. The largest absolute Gasteiger partial charge is 0.456 e. The molecule has 0 aliphatic heterocycles. The average Bonchev–Trinajstić information content (AvgIpc) is 3.59. The molecule has 6 aromatic carbocycles. The maximum Gasteiger partial charge on any atom is 0.136 e. The van der Waals surface area contributed by atoms with Crippen molar-refractivity contribution in [1.29, 1.82) is 5.26 Å². The van der Waals surface area contributed by atoms with Gasteiger partial charge in [-0.05, 0) is 69.8 Å². The van der Waals surface area contributed by atoms with Crippen molar-refractivity contribution in [3.8, 4) is 39.4 Å². The zero-order valence-corrected chi connectivity index (χ0v) is 21.4. The van der Waals surface area contributed by atoms with Gasteiger partial charge in [-0.1, -0.05) is 91.0 Å². The van der Waals surface area contributed by atoms with Gasteiger partial charge in [0.05, 0.1) is 11.6 Å². The second kappa shape index (κ2) is 8.73. The molecule has 0 spiro atoms. The molecule has 3 heteroatoms. The van der Waals surface area contributed by atoms with Crippen LogP contribution in [0.5, 0.6) is 0 Å². The summed E-state index contributed by atoms with van der Waals surface area (Å²) >= 11 is 0. The molecule has 0 saturated carbocycles. The van der Waals surface area contributed by atoms with Crippen LogP contribution in [-0.4, -0.2) is 0 Å². The van der Waals surface area contributed by atoms with E-state index in [1.54, 1.807) is 0 Å². The lowest BCUT2D eigenvalue weighted by atomic mass is 9.85. The molecule has 8 aromatic rings. The van der Waals surface area contributed by atoms with Crippen LogP contribution in [0.4, 0.5) is 0 Å². The first-order valence-corrected chi connectivity index (χ1v) is 13.2. The topological polar surface area (TPSA) is 50.1 Å². The molecule has 0 atom stereocenters. The Hall–Kier alpha value is -5.59. The van der Waals surface area contributed by atoms with Crippen LogP contribution in [0.2, 0.25) is 0 Å². The van der Waals surface area contributed by atoms with Gasteiger partial charge >= 0.3 is 0 Å². The monoisotopic (exact) mass is 511 g/mol. The van der Waals surface area contributed by atoms with Crippen LogP contribution < -0.4 is 0 Å². The fourth-order valence-electron chi connectivity index (χ4n) is 6.05. The SMILES string of the molecule is N#Cc1cccc(-c2c(-c3cccc4oc5ccccc5c34)cccc2-c2cccc3oc4ccccc4c23)c1. The van der Waals surface area contributed by atoms with Gasteiger partial charge in [-0.2, -0.15) is 5.26 Å². The molecule has 0 unspecified atom stereocenters. The van der Waals surface area contributed by atoms with Crippen molar-refractivity contribution in [2.45, 2.75) is 0 Å². The number of fused-ring (bicyclic) bond motifs is 6. The molecule has 0 saturated heterocycles. The molecule has 2 aromatic heterocycles. The summed E-state index contributed by atoms with van der Waals surface area (Å²) in [5.74, 6) is 0. The van der Waals surface area contributed by atoms with E-state index in [0.717, 1.165) is 77.3 Å². The molecule has 0 fully saturated rings. The summed E-state index contributed by atoms with van der Waals surface area (Å²) in [4.78, 5) is 0. The van der Waals surface area contributed by atoms with Gasteiger partial charge in [-0.15, -0.1) is 0 Å². The first-order valence-electron chi connectivity index (χ1n) is 13.2. The number of nitriles is 1. The Morgan fingerprint density at radius 1 is 0.450 bits per heavy atom. The second-order valence-corrected chi connectivity index (χ2v) is 9.97. The number of hydrogen-bond acceptors (Lipinski definition) is 3. The smallest absolute Gasteiger partial charge is 0.136 e. The average molecular weight is 512 g/mol. The van der Waals surface area contributed by atoms with Crippen molar-refractivity contribution >= 4 is 43.9 Å². The maximum atomic E-state index is 9.77. The first-order chi connectivity index (χ1) is 19.8. The molecule has 0 aliphatic carbocycles. The maximum absolute atomic E-state index is 9.77. The van der Waals surface area contributed by atoms with E-state index in [9.17, 15) is 5.26 Å². The van der Waals surface area contributed by atoms with Gasteiger partial charge in [0.2, 0.25) is 0 Å². The van der Waals surface area contributed by atoms with Crippen LogP contribution in [0, 0.1) is 11.3 Å². The van der Waals surface area contributed by atoms with Gasteiger partial charge < -0.3 is 8.83 Å². The number of benzene rings is 6. The zero-order valence-electron chi connectivity index (χ0n) is 21.4. The van der Waals surface area contributed by atoms with Gasteiger partial charge in [0, 0.05) is 21.5 Å². The summed E-state index contributed by atoms with van der Waals surface area (Å²) in [6.07, 6.45) is 0. The van der Waals surface area contributed by atoms with E-state index in [2.05, 4.69) is 54.6 Å². The van der Waals surface area contributed by atoms with E-state index in [-0.39, 0.29) is 0 Å². The lowest BCUT2D eigenvalue weighted by Crippen LogP contribution is -1.92. The molecule has 0 bridgehead atoms. The third-order valence-corrected chi connectivity index (χ3v) is 7.73. The Kier molecular flexibility index (Phi) is 4.89. The molecule has 2 heterocycles. The summed E-state index contributed by atoms with van der Waals surface area (Å²) in [6, 6.07) is 45.5. The van der Waals surface area contributed by atoms with Crippen molar-refractivity contribution in [3.63, 3.8) is 0 Å². The molecule has 8 rings (SSSR count). The number of nitrogens with zero attached hydrogens (tertiary/aromatic N) is 1. The van der Waals surface area contributed by atoms with Crippen LogP contribution in [0.15, 0.2) is 136 Å². The number of rotatable bonds is 3. The first kappa shape index (κ1) is 22.4. The fraction of sp³-hybridized carbons (Fsp3) is 0. The number of furan rings is 2. The Morgan fingerprint density at radius 3 is 1.50 bits per heavy atom. The van der Waals surface area contributed by atoms with Gasteiger partial charge in [0.25, 0.3) is 0 Å². The molecule has 0 radical (unpaired) electrons. The summed E-state index contributed by atoms with van der Waals surface area (Å²) in [5, 5.41) is 14.1. The number of para-hydroxylation sites is 2. The van der Waals surface area contributed by atoms with Crippen LogP contribution in [0.3, 0.4) is 0 Å². The Balaban J connectivity index is 1.52. The number of hydrogen-bond donors (Lipinski definition) is 0. The lowest BCUT2D eigenvalue weighted by Gasteiger charge is -2.18.